The lowest BCUT2D eigenvalue weighted by molar-refractivity contribution is -0.118. The van der Waals surface area contributed by atoms with E-state index in [1.807, 2.05) is 44.2 Å². The topological polar surface area (TPSA) is 50.8 Å². The van der Waals surface area contributed by atoms with E-state index in [0.29, 0.717) is 26.4 Å². The average Bonchev–Trinajstić information content (AvgIpc) is 2.66. The van der Waals surface area contributed by atoms with Crippen molar-refractivity contribution in [1.82, 2.24) is 4.90 Å². The van der Waals surface area contributed by atoms with Crippen molar-refractivity contribution in [3.8, 4) is 5.75 Å². The van der Waals surface area contributed by atoms with E-state index in [1.165, 1.54) is 5.56 Å². The Balaban J connectivity index is 1.54. The molecule has 0 aromatic heterocycles. The number of nitrogens with zero attached hydrogens (tertiary/aromatic N) is 1. The van der Waals surface area contributed by atoms with Crippen LogP contribution in [0, 0.1) is 13.8 Å². The third-order valence-corrected chi connectivity index (χ3v) is 4.74. The molecule has 1 N–H and O–H groups in total. The largest absolute Gasteiger partial charge is 0.493 e. The Hall–Kier alpha value is -2.37. The molecule has 0 radical (unpaired) electrons. The van der Waals surface area contributed by atoms with Crippen molar-refractivity contribution in [2.24, 2.45) is 0 Å². The number of hydrogen-bond acceptors (Lipinski definition) is 4. The summed E-state index contributed by atoms with van der Waals surface area (Å²) >= 11 is 0. The Morgan fingerprint density at radius 2 is 1.78 bits per heavy atom. The summed E-state index contributed by atoms with van der Waals surface area (Å²) in [7, 11) is 0. The number of anilines is 1. The van der Waals surface area contributed by atoms with Gasteiger partial charge in [-0.05, 0) is 42.7 Å². The molecular formula is C22H28N2O3. The van der Waals surface area contributed by atoms with Gasteiger partial charge in [0.25, 0.3) is 0 Å². The van der Waals surface area contributed by atoms with Crippen molar-refractivity contribution in [3.05, 3.63) is 59.2 Å². The molecule has 0 aliphatic carbocycles. The molecule has 1 fully saturated rings. The normalized spacial score (nSPS) is 14.7. The van der Waals surface area contributed by atoms with Crippen LogP contribution in [-0.4, -0.2) is 50.3 Å². The molecule has 1 amide bonds. The van der Waals surface area contributed by atoms with Crippen LogP contribution in [0.15, 0.2) is 42.5 Å². The van der Waals surface area contributed by atoms with Gasteiger partial charge >= 0.3 is 0 Å². The summed E-state index contributed by atoms with van der Waals surface area (Å²) in [6, 6.07) is 14.3. The van der Waals surface area contributed by atoms with Gasteiger partial charge in [0.15, 0.2) is 0 Å². The Bertz CT molecular complexity index is 732. The smallest absolute Gasteiger partial charge is 0.238 e. The van der Waals surface area contributed by atoms with Gasteiger partial charge in [0.1, 0.15) is 5.75 Å². The minimum Gasteiger partial charge on any atom is -0.493 e. The highest BCUT2D eigenvalue weighted by Crippen LogP contribution is 2.26. The molecule has 1 aliphatic rings. The van der Waals surface area contributed by atoms with Crippen molar-refractivity contribution < 1.29 is 14.3 Å². The summed E-state index contributed by atoms with van der Waals surface area (Å²) in [5.41, 5.74) is 4.17. The molecule has 2 aromatic rings. The quantitative estimate of drug-likeness (QED) is 0.815. The van der Waals surface area contributed by atoms with E-state index in [4.69, 9.17) is 9.47 Å². The van der Waals surface area contributed by atoms with Gasteiger partial charge < -0.3 is 14.8 Å². The van der Waals surface area contributed by atoms with E-state index in [-0.39, 0.29) is 5.91 Å². The molecule has 1 saturated heterocycles. The first-order chi connectivity index (χ1) is 13.1. The summed E-state index contributed by atoms with van der Waals surface area (Å²) in [5, 5.41) is 3.06. The van der Waals surface area contributed by atoms with Crippen molar-refractivity contribution >= 4 is 11.6 Å². The molecule has 0 atom stereocenters. The molecule has 144 valence electrons. The molecule has 1 heterocycles. The number of carbonyl (C=O) groups is 1. The SMILES string of the molecule is Cc1cc(OCCc2ccccc2)cc(C)c1NC(=O)CN1CCOCC1. The second kappa shape index (κ2) is 9.53. The first-order valence-corrected chi connectivity index (χ1v) is 9.50. The Labute approximate surface area is 161 Å². The maximum Gasteiger partial charge on any atom is 0.238 e. The highest BCUT2D eigenvalue weighted by molar-refractivity contribution is 5.93. The predicted octanol–water partition coefficient (Wildman–Crippen LogP) is 3.20. The van der Waals surface area contributed by atoms with Crippen LogP contribution in [0.1, 0.15) is 16.7 Å². The molecule has 0 unspecified atom stereocenters. The standard InChI is InChI=1S/C22H28N2O3/c1-17-14-20(27-11-8-19-6-4-3-5-7-19)15-18(2)22(17)23-21(25)16-24-9-12-26-13-10-24/h3-7,14-15H,8-13,16H2,1-2H3,(H,23,25). The summed E-state index contributed by atoms with van der Waals surface area (Å²) < 4.78 is 11.2. The number of carbonyl (C=O) groups excluding carboxylic acids is 1. The van der Waals surface area contributed by atoms with Gasteiger partial charge in [-0.2, -0.15) is 0 Å². The molecular weight excluding hydrogens is 340 g/mol. The maximum atomic E-state index is 12.4. The average molecular weight is 368 g/mol. The van der Waals surface area contributed by atoms with E-state index in [2.05, 4.69) is 22.3 Å². The van der Waals surface area contributed by atoms with Gasteiger partial charge in [0.2, 0.25) is 5.91 Å². The number of aryl methyl sites for hydroxylation is 2. The number of morpholine rings is 1. The lowest BCUT2D eigenvalue weighted by atomic mass is 10.1. The van der Waals surface area contributed by atoms with Crippen LogP contribution in [0.5, 0.6) is 5.75 Å². The zero-order chi connectivity index (χ0) is 19.1. The molecule has 0 bridgehead atoms. The zero-order valence-corrected chi connectivity index (χ0v) is 16.2. The van der Waals surface area contributed by atoms with Crippen molar-refractivity contribution in [1.29, 1.82) is 0 Å². The summed E-state index contributed by atoms with van der Waals surface area (Å²) in [6.07, 6.45) is 0.872. The lowest BCUT2D eigenvalue weighted by Gasteiger charge is -2.26. The highest BCUT2D eigenvalue weighted by atomic mass is 16.5. The van der Waals surface area contributed by atoms with Gasteiger partial charge in [-0.25, -0.2) is 0 Å². The van der Waals surface area contributed by atoms with Crippen molar-refractivity contribution in [2.45, 2.75) is 20.3 Å². The van der Waals surface area contributed by atoms with Crippen LogP contribution >= 0.6 is 0 Å². The van der Waals surface area contributed by atoms with Crippen molar-refractivity contribution in [2.75, 3.05) is 44.8 Å². The third-order valence-electron chi connectivity index (χ3n) is 4.74. The van der Waals surface area contributed by atoms with Gasteiger partial charge in [-0.15, -0.1) is 0 Å². The molecule has 5 nitrogen and oxygen atoms in total. The van der Waals surface area contributed by atoms with Crippen LogP contribution in [-0.2, 0) is 16.0 Å². The molecule has 2 aromatic carbocycles. The van der Waals surface area contributed by atoms with Gasteiger partial charge in [-0.3, -0.25) is 9.69 Å². The Morgan fingerprint density at radius 3 is 2.44 bits per heavy atom. The van der Waals surface area contributed by atoms with E-state index in [1.54, 1.807) is 0 Å². The van der Waals surface area contributed by atoms with E-state index in [9.17, 15) is 4.79 Å². The zero-order valence-electron chi connectivity index (χ0n) is 16.2. The third kappa shape index (κ3) is 5.81. The summed E-state index contributed by atoms with van der Waals surface area (Å²) in [5.74, 6) is 0.855. The fraction of sp³-hybridized carbons (Fsp3) is 0.409. The van der Waals surface area contributed by atoms with Gasteiger partial charge in [0, 0.05) is 25.2 Å². The molecule has 0 saturated carbocycles. The first kappa shape index (κ1) is 19.4. The number of benzene rings is 2. The van der Waals surface area contributed by atoms with Crippen LogP contribution in [0.25, 0.3) is 0 Å². The fourth-order valence-corrected chi connectivity index (χ4v) is 3.28. The fourth-order valence-electron chi connectivity index (χ4n) is 3.28. The monoisotopic (exact) mass is 368 g/mol. The summed E-state index contributed by atoms with van der Waals surface area (Å²) in [6.45, 7) is 8.03. The second-order valence-corrected chi connectivity index (χ2v) is 6.95. The molecule has 5 heteroatoms. The predicted molar refractivity (Wildman–Crippen MR) is 107 cm³/mol. The number of hydrogen-bond donors (Lipinski definition) is 1. The van der Waals surface area contributed by atoms with Crippen LogP contribution < -0.4 is 10.1 Å². The number of nitrogens with one attached hydrogen (secondary N) is 1. The van der Waals surface area contributed by atoms with Gasteiger partial charge in [-0.1, -0.05) is 30.3 Å². The Kier molecular flexibility index (Phi) is 6.85. The van der Waals surface area contributed by atoms with Crippen molar-refractivity contribution in [3.63, 3.8) is 0 Å². The minimum absolute atomic E-state index is 0.0147. The molecule has 1 aliphatic heterocycles. The lowest BCUT2D eigenvalue weighted by Crippen LogP contribution is -2.41. The van der Waals surface area contributed by atoms with Gasteiger partial charge in [0.05, 0.1) is 26.4 Å². The van der Waals surface area contributed by atoms with E-state index >= 15 is 0 Å². The van der Waals surface area contributed by atoms with Crippen LogP contribution in [0.3, 0.4) is 0 Å². The minimum atomic E-state index is 0.0147. The van der Waals surface area contributed by atoms with Crippen LogP contribution in [0.4, 0.5) is 5.69 Å². The number of amides is 1. The molecule has 3 rings (SSSR count). The van der Waals surface area contributed by atoms with Crippen LogP contribution in [0.2, 0.25) is 0 Å². The molecule has 0 spiro atoms. The number of rotatable bonds is 7. The summed E-state index contributed by atoms with van der Waals surface area (Å²) in [4.78, 5) is 14.5. The molecule has 27 heavy (non-hydrogen) atoms. The van der Waals surface area contributed by atoms with E-state index in [0.717, 1.165) is 42.1 Å². The maximum absolute atomic E-state index is 12.4. The highest BCUT2D eigenvalue weighted by Gasteiger charge is 2.16. The first-order valence-electron chi connectivity index (χ1n) is 9.50. The van der Waals surface area contributed by atoms with E-state index < -0.39 is 0 Å². The number of ether oxygens (including phenoxy) is 2. The Morgan fingerprint density at radius 1 is 1.11 bits per heavy atom. The second-order valence-electron chi connectivity index (χ2n) is 6.95.